The van der Waals surface area contributed by atoms with Crippen molar-refractivity contribution >= 4 is 17.3 Å². The van der Waals surface area contributed by atoms with Gasteiger partial charge >= 0.3 is 5.97 Å². The van der Waals surface area contributed by atoms with Crippen LogP contribution in [0.4, 0.5) is 8.78 Å². The topological polar surface area (TPSA) is 63.1 Å². The molecule has 1 aromatic heterocycles. The maximum atomic E-state index is 13.3. The van der Waals surface area contributed by atoms with Crippen LogP contribution in [0.15, 0.2) is 18.2 Å². The first-order chi connectivity index (χ1) is 7.59. The third-order valence-corrected chi connectivity index (χ3v) is 2.71. The van der Waals surface area contributed by atoms with E-state index in [9.17, 15) is 13.6 Å². The lowest BCUT2D eigenvalue weighted by atomic mass is 10.2. The van der Waals surface area contributed by atoms with Gasteiger partial charge < -0.3 is 5.11 Å². The van der Waals surface area contributed by atoms with Gasteiger partial charge in [-0.1, -0.05) is 17.4 Å². The number of carbonyl (C=O) groups is 1. The summed E-state index contributed by atoms with van der Waals surface area (Å²) in [5, 5.41) is 15.0. The lowest BCUT2D eigenvalue weighted by Gasteiger charge is -1.98. The normalized spacial score (nSPS) is 10.4. The molecule has 1 heterocycles. The second kappa shape index (κ2) is 3.93. The summed E-state index contributed by atoms with van der Waals surface area (Å²) in [6.45, 7) is 0. The molecular formula is C9H4F2N2O2S. The van der Waals surface area contributed by atoms with Crippen LogP contribution in [0.3, 0.4) is 0 Å². The Morgan fingerprint density at radius 2 is 1.88 bits per heavy atom. The van der Waals surface area contributed by atoms with Crippen molar-refractivity contribution in [3.63, 3.8) is 0 Å². The third kappa shape index (κ3) is 1.76. The Bertz CT molecular complexity index is 536. The minimum Gasteiger partial charge on any atom is -0.476 e. The third-order valence-electron chi connectivity index (χ3n) is 1.78. The van der Waals surface area contributed by atoms with Crippen molar-refractivity contribution in [2.45, 2.75) is 0 Å². The predicted octanol–water partition coefficient (Wildman–Crippen LogP) is 2.18. The van der Waals surface area contributed by atoms with Gasteiger partial charge in [-0.15, -0.1) is 10.2 Å². The Labute approximate surface area is 92.2 Å². The van der Waals surface area contributed by atoms with Crippen molar-refractivity contribution in [2.75, 3.05) is 0 Å². The number of aromatic carboxylic acids is 1. The number of carboxylic acid groups (broad SMARTS) is 1. The number of benzene rings is 1. The summed E-state index contributed by atoms with van der Waals surface area (Å²) in [6, 6.07) is 3.35. The molecule has 0 aliphatic heterocycles. The summed E-state index contributed by atoms with van der Waals surface area (Å²) in [6.07, 6.45) is 0. The highest BCUT2D eigenvalue weighted by Gasteiger charge is 2.18. The second-order valence-electron chi connectivity index (χ2n) is 2.81. The maximum absolute atomic E-state index is 13.3. The zero-order chi connectivity index (χ0) is 11.7. The molecule has 0 spiro atoms. The fourth-order valence-corrected chi connectivity index (χ4v) is 1.84. The molecular weight excluding hydrogens is 238 g/mol. The summed E-state index contributed by atoms with van der Waals surface area (Å²) >= 11 is 0.621. The van der Waals surface area contributed by atoms with Crippen LogP contribution in [0.25, 0.3) is 10.6 Å². The molecule has 0 bridgehead atoms. The van der Waals surface area contributed by atoms with Crippen LogP contribution in [-0.2, 0) is 0 Å². The van der Waals surface area contributed by atoms with Gasteiger partial charge in [-0.2, -0.15) is 0 Å². The number of aromatic nitrogens is 2. The molecule has 2 rings (SSSR count). The zero-order valence-corrected chi connectivity index (χ0v) is 8.46. The Morgan fingerprint density at radius 1 is 1.25 bits per heavy atom. The molecule has 0 aliphatic rings. The van der Waals surface area contributed by atoms with Crippen molar-refractivity contribution < 1.29 is 18.7 Å². The second-order valence-corrected chi connectivity index (χ2v) is 3.79. The van der Waals surface area contributed by atoms with Gasteiger partial charge in [0.2, 0.25) is 5.01 Å². The van der Waals surface area contributed by atoms with Crippen molar-refractivity contribution in [3.05, 3.63) is 34.8 Å². The molecule has 7 heteroatoms. The van der Waals surface area contributed by atoms with Crippen LogP contribution < -0.4 is 0 Å². The van der Waals surface area contributed by atoms with Crippen molar-refractivity contribution in [2.24, 2.45) is 0 Å². The minimum atomic E-state index is -1.28. The molecule has 0 amide bonds. The Hall–Kier alpha value is -1.89. The van der Waals surface area contributed by atoms with Gasteiger partial charge in [0.05, 0.1) is 5.56 Å². The maximum Gasteiger partial charge on any atom is 0.367 e. The van der Waals surface area contributed by atoms with E-state index in [1.807, 2.05) is 0 Å². The summed E-state index contributed by atoms with van der Waals surface area (Å²) in [7, 11) is 0. The van der Waals surface area contributed by atoms with E-state index < -0.39 is 17.6 Å². The van der Waals surface area contributed by atoms with E-state index in [0.717, 1.165) is 12.1 Å². The van der Waals surface area contributed by atoms with Gasteiger partial charge in [0.25, 0.3) is 0 Å². The Morgan fingerprint density at radius 3 is 2.38 bits per heavy atom. The number of hydrogen-bond donors (Lipinski definition) is 1. The van der Waals surface area contributed by atoms with Crippen molar-refractivity contribution in [3.8, 4) is 10.6 Å². The molecule has 2 aromatic rings. The number of rotatable bonds is 2. The van der Waals surface area contributed by atoms with Crippen LogP contribution in [0.2, 0.25) is 0 Å². The predicted molar refractivity (Wildman–Crippen MR) is 52.2 cm³/mol. The molecule has 0 saturated carbocycles. The lowest BCUT2D eigenvalue weighted by Crippen LogP contribution is -1.93. The van der Waals surface area contributed by atoms with Gasteiger partial charge in [-0.05, 0) is 12.1 Å². The van der Waals surface area contributed by atoms with Gasteiger partial charge in [-0.3, -0.25) is 0 Å². The first-order valence-corrected chi connectivity index (χ1v) is 4.92. The van der Waals surface area contributed by atoms with Crippen LogP contribution in [0, 0.1) is 11.6 Å². The first-order valence-electron chi connectivity index (χ1n) is 4.11. The smallest absolute Gasteiger partial charge is 0.367 e. The molecule has 4 nitrogen and oxygen atoms in total. The van der Waals surface area contributed by atoms with Crippen LogP contribution >= 0.6 is 11.3 Å². The van der Waals surface area contributed by atoms with Gasteiger partial charge in [0, 0.05) is 0 Å². The van der Waals surface area contributed by atoms with Gasteiger partial charge in [0.15, 0.2) is 5.01 Å². The van der Waals surface area contributed by atoms with E-state index in [4.69, 9.17) is 5.11 Å². The van der Waals surface area contributed by atoms with Crippen molar-refractivity contribution in [1.29, 1.82) is 0 Å². The molecule has 0 radical (unpaired) electrons. The molecule has 82 valence electrons. The van der Waals surface area contributed by atoms with Crippen molar-refractivity contribution in [1.82, 2.24) is 10.2 Å². The molecule has 0 aliphatic carbocycles. The average Bonchev–Trinajstić information content (AvgIpc) is 2.66. The van der Waals surface area contributed by atoms with E-state index in [1.165, 1.54) is 6.07 Å². The SMILES string of the molecule is O=C(O)c1nnc(-c2c(F)cccc2F)s1. The molecule has 16 heavy (non-hydrogen) atoms. The van der Waals surface area contributed by atoms with Gasteiger partial charge in [0.1, 0.15) is 11.6 Å². The monoisotopic (exact) mass is 242 g/mol. The minimum absolute atomic E-state index is 0.0898. The van der Waals surface area contributed by atoms with E-state index in [0.29, 0.717) is 11.3 Å². The zero-order valence-electron chi connectivity index (χ0n) is 7.65. The highest BCUT2D eigenvalue weighted by Crippen LogP contribution is 2.28. The quantitative estimate of drug-likeness (QED) is 0.876. The van der Waals surface area contributed by atoms with E-state index in [1.54, 1.807) is 0 Å². The summed E-state index contributed by atoms with van der Waals surface area (Å²) in [5.74, 6) is -2.87. The van der Waals surface area contributed by atoms with Crippen LogP contribution in [0.1, 0.15) is 9.80 Å². The largest absolute Gasteiger partial charge is 0.476 e. The number of carboxylic acids is 1. The number of halogens is 2. The average molecular weight is 242 g/mol. The Balaban J connectivity index is 2.54. The Kier molecular flexibility index (Phi) is 2.61. The van der Waals surface area contributed by atoms with E-state index in [-0.39, 0.29) is 15.6 Å². The van der Waals surface area contributed by atoms with Crippen LogP contribution in [-0.4, -0.2) is 21.3 Å². The highest BCUT2D eigenvalue weighted by molar-refractivity contribution is 7.16. The molecule has 1 aromatic carbocycles. The number of nitrogens with zero attached hydrogens (tertiary/aromatic N) is 2. The molecule has 1 N–H and O–H groups in total. The fraction of sp³-hybridized carbons (Fsp3) is 0. The molecule has 0 saturated heterocycles. The van der Waals surface area contributed by atoms with E-state index >= 15 is 0 Å². The highest BCUT2D eigenvalue weighted by atomic mass is 32.1. The standard InChI is InChI=1S/C9H4F2N2O2S/c10-4-2-1-3-5(11)6(4)7-12-13-8(16-7)9(14)15/h1-3H,(H,14,15). The fourth-order valence-electron chi connectivity index (χ4n) is 1.11. The molecule has 0 atom stereocenters. The van der Waals surface area contributed by atoms with Crippen LogP contribution in [0.5, 0.6) is 0 Å². The van der Waals surface area contributed by atoms with Gasteiger partial charge in [-0.25, -0.2) is 13.6 Å². The summed E-state index contributed by atoms with van der Waals surface area (Å²) < 4.78 is 26.6. The summed E-state index contributed by atoms with van der Waals surface area (Å²) in [5.41, 5.74) is -0.354. The van der Waals surface area contributed by atoms with E-state index in [2.05, 4.69) is 10.2 Å². The lowest BCUT2D eigenvalue weighted by molar-refractivity contribution is 0.0695. The molecule has 0 unspecified atom stereocenters. The number of hydrogen-bond acceptors (Lipinski definition) is 4. The first kappa shape index (κ1) is 10.6. The summed E-state index contributed by atoms with van der Waals surface area (Å²) in [4.78, 5) is 10.5. The molecule has 0 fully saturated rings.